The smallest absolute Gasteiger partial charge is 0.0809 e. The van der Waals surface area contributed by atoms with Gasteiger partial charge in [0.05, 0.1) is 22.1 Å². The number of para-hydroxylation sites is 2. The van der Waals surface area contributed by atoms with Crippen molar-refractivity contribution in [2.75, 3.05) is 0 Å². The van der Waals surface area contributed by atoms with Gasteiger partial charge >= 0.3 is 0 Å². The highest BCUT2D eigenvalue weighted by molar-refractivity contribution is 8.04. The number of aliphatic imine (C=N–C) groups is 1. The highest BCUT2D eigenvalue weighted by Crippen LogP contribution is 2.60. The molecule has 0 aliphatic carbocycles. The average Bonchev–Trinajstić information content (AvgIpc) is 3.79. The second kappa shape index (κ2) is 14.4. The van der Waals surface area contributed by atoms with Crippen molar-refractivity contribution in [3.63, 3.8) is 0 Å². The van der Waals surface area contributed by atoms with Crippen LogP contribution in [0.1, 0.15) is 30.5 Å². The Kier molecular flexibility index (Phi) is 8.81. The van der Waals surface area contributed by atoms with E-state index in [-0.39, 0.29) is 0 Å². The number of allylic oxidation sites excluding steroid dienone is 1. The van der Waals surface area contributed by atoms with Gasteiger partial charge in [0.25, 0.3) is 0 Å². The summed E-state index contributed by atoms with van der Waals surface area (Å²) < 4.78 is 2.39. The second-order valence-corrected chi connectivity index (χ2v) is 15.8. The second-order valence-electron chi connectivity index (χ2n) is 14.8. The Morgan fingerprint density at radius 2 is 1.14 bits per heavy atom. The Labute approximate surface area is 338 Å². The molecule has 1 aliphatic heterocycles. The maximum absolute atomic E-state index is 5.18. The number of fused-ring (bicyclic) bond motifs is 4. The lowest BCUT2D eigenvalue weighted by molar-refractivity contribution is 0.710. The van der Waals surface area contributed by atoms with E-state index in [0.29, 0.717) is 0 Å². The summed E-state index contributed by atoms with van der Waals surface area (Å²) in [6.07, 6.45) is 1.94. The van der Waals surface area contributed by atoms with Crippen molar-refractivity contribution in [2.24, 2.45) is 4.99 Å². The summed E-state index contributed by atoms with van der Waals surface area (Å²) in [6.45, 7) is 4.40. The number of benzene rings is 8. The molecule has 1 atom stereocenters. The maximum Gasteiger partial charge on any atom is 0.0809 e. The molecular formula is C54H40N2S. The predicted octanol–water partition coefficient (Wildman–Crippen LogP) is 14.7. The number of rotatable bonds is 7. The fourth-order valence-electron chi connectivity index (χ4n) is 8.78. The van der Waals surface area contributed by atoms with E-state index in [4.69, 9.17) is 4.99 Å². The van der Waals surface area contributed by atoms with Gasteiger partial charge in [-0.3, -0.25) is 4.99 Å². The zero-order valence-electron chi connectivity index (χ0n) is 31.9. The molecule has 1 aromatic heterocycles. The highest BCUT2D eigenvalue weighted by atomic mass is 32.2. The third kappa shape index (κ3) is 5.86. The number of nitrogens with zero attached hydrogens (tertiary/aromatic N) is 2. The van der Waals surface area contributed by atoms with Crippen LogP contribution in [0.25, 0.3) is 66.6 Å². The van der Waals surface area contributed by atoms with Gasteiger partial charge in [0.15, 0.2) is 0 Å². The zero-order valence-corrected chi connectivity index (χ0v) is 32.7. The molecule has 0 fully saturated rings. The summed E-state index contributed by atoms with van der Waals surface area (Å²) in [5.41, 5.74) is 15.0. The molecule has 2 nitrogen and oxygen atoms in total. The molecule has 0 saturated heterocycles. The topological polar surface area (TPSA) is 17.3 Å². The molecule has 0 N–H and O–H groups in total. The van der Waals surface area contributed by atoms with Gasteiger partial charge in [-0.2, -0.15) is 0 Å². The largest absolute Gasteiger partial charge is 0.309 e. The first-order chi connectivity index (χ1) is 28.1. The van der Waals surface area contributed by atoms with Crippen molar-refractivity contribution >= 4 is 45.5 Å². The number of aromatic nitrogens is 1. The summed E-state index contributed by atoms with van der Waals surface area (Å²) in [5.74, 6) is 0. The van der Waals surface area contributed by atoms with E-state index < -0.39 is 5.41 Å². The van der Waals surface area contributed by atoms with Crippen molar-refractivity contribution in [2.45, 2.75) is 24.2 Å². The lowest BCUT2D eigenvalue weighted by Gasteiger charge is -2.29. The summed E-state index contributed by atoms with van der Waals surface area (Å²) in [5, 5.41) is 2.52. The van der Waals surface area contributed by atoms with E-state index in [9.17, 15) is 0 Å². The molecule has 2 heterocycles. The Bertz CT molecular complexity index is 2990. The molecule has 1 aliphatic rings. The van der Waals surface area contributed by atoms with Crippen molar-refractivity contribution in [3.8, 4) is 39.1 Å². The van der Waals surface area contributed by atoms with Gasteiger partial charge in [0, 0.05) is 38.0 Å². The summed E-state index contributed by atoms with van der Waals surface area (Å²) in [4.78, 5) is 7.69. The first-order valence-electron chi connectivity index (χ1n) is 19.6. The van der Waals surface area contributed by atoms with Gasteiger partial charge in [-0.05, 0) is 94.8 Å². The molecular weight excluding hydrogens is 709 g/mol. The van der Waals surface area contributed by atoms with E-state index in [1.807, 2.05) is 24.9 Å². The van der Waals surface area contributed by atoms with Crippen LogP contribution in [0.15, 0.2) is 215 Å². The Morgan fingerprint density at radius 3 is 1.93 bits per heavy atom. The lowest BCUT2D eigenvalue weighted by Crippen LogP contribution is -2.22. The number of hydrogen-bond acceptors (Lipinski definition) is 2. The van der Waals surface area contributed by atoms with Crippen LogP contribution < -0.4 is 0 Å². The Morgan fingerprint density at radius 1 is 0.544 bits per heavy atom. The fourth-order valence-corrected chi connectivity index (χ4v) is 10.4. The minimum Gasteiger partial charge on any atom is -0.309 e. The quantitative estimate of drug-likeness (QED) is 0.148. The van der Waals surface area contributed by atoms with Gasteiger partial charge in [-0.25, -0.2) is 0 Å². The van der Waals surface area contributed by atoms with E-state index >= 15 is 0 Å². The monoisotopic (exact) mass is 748 g/mol. The minimum absolute atomic E-state index is 0.426. The summed E-state index contributed by atoms with van der Waals surface area (Å²) >= 11 is 1.87. The third-order valence-corrected chi connectivity index (χ3v) is 12.9. The molecule has 0 saturated carbocycles. The predicted molar refractivity (Wildman–Crippen MR) is 243 cm³/mol. The number of hydrogen-bond donors (Lipinski definition) is 0. The van der Waals surface area contributed by atoms with Crippen molar-refractivity contribution in [1.29, 1.82) is 0 Å². The molecule has 0 bridgehead atoms. The van der Waals surface area contributed by atoms with Gasteiger partial charge in [-0.15, -0.1) is 0 Å². The maximum atomic E-state index is 5.18. The van der Waals surface area contributed by atoms with E-state index in [1.165, 1.54) is 76.1 Å². The van der Waals surface area contributed by atoms with Crippen molar-refractivity contribution < 1.29 is 0 Å². The van der Waals surface area contributed by atoms with E-state index in [0.717, 1.165) is 16.9 Å². The van der Waals surface area contributed by atoms with Crippen LogP contribution in [0.5, 0.6) is 0 Å². The zero-order chi connectivity index (χ0) is 38.3. The van der Waals surface area contributed by atoms with E-state index in [2.05, 4.69) is 212 Å². The minimum atomic E-state index is -0.426. The molecule has 0 amide bonds. The molecule has 0 radical (unpaired) electrons. The van der Waals surface area contributed by atoms with Crippen molar-refractivity contribution in [1.82, 2.24) is 4.57 Å². The Hall–Kier alpha value is -6.68. The SMILES string of the molecule is CC=N/C(=C1/Sc2c(-c3cccc(-c4cccc5c4c4ccccc4n5-c4ccccc4)c3)cccc2C1(C)c1ccccc1)c1cccc(-c2ccccc2)c1. The molecule has 1 unspecified atom stereocenters. The molecule has 3 heteroatoms. The van der Waals surface area contributed by atoms with Gasteiger partial charge in [-0.1, -0.05) is 176 Å². The summed E-state index contributed by atoms with van der Waals surface area (Å²) in [6, 6.07) is 72.6. The molecule has 9 aromatic rings. The van der Waals surface area contributed by atoms with Gasteiger partial charge < -0.3 is 4.57 Å². The standard InChI is InChI=1S/C54H40N2S/c1-3-55-51(41-24-15-21-38(35-41)37-19-7-4-8-20-37)53-54(2,42-25-9-5-10-26-42)47-32-17-31-45(52(47)57-53)40-23-16-22-39(36-40)44-30-18-34-49-50(44)46-29-13-14-33-48(46)56(49)43-27-11-6-12-28-43/h3-36H,1-2H3/b53-51+,55-3?. The highest BCUT2D eigenvalue weighted by Gasteiger charge is 2.44. The third-order valence-electron chi connectivity index (χ3n) is 11.5. The van der Waals surface area contributed by atoms with Crippen LogP contribution in [-0.4, -0.2) is 10.8 Å². The molecule has 57 heavy (non-hydrogen) atoms. The Balaban J connectivity index is 1.15. The van der Waals surface area contributed by atoms with Crippen LogP contribution in [0.2, 0.25) is 0 Å². The molecule has 10 rings (SSSR count). The van der Waals surface area contributed by atoms with Crippen LogP contribution in [0, 0.1) is 0 Å². The normalized spacial score (nSPS) is 16.0. The number of thioether (sulfide) groups is 1. The van der Waals surface area contributed by atoms with Crippen LogP contribution in [-0.2, 0) is 5.41 Å². The first kappa shape index (κ1) is 34.8. The van der Waals surface area contributed by atoms with Gasteiger partial charge in [0.2, 0.25) is 0 Å². The first-order valence-corrected chi connectivity index (χ1v) is 20.4. The van der Waals surface area contributed by atoms with Crippen molar-refractivity contribution in [3.05, 3.63) is 222 Å². The summed E-state index contributed by atoms with van der Waals surface area (Å²) in [7, 11) is 0. The molecule has 272 valence electrons. The van der Waals surface area contributed by atoms with Crippen LogP contribution in [0.4, 0.5) is 0 Å². The molecule has 0 spiro atoms. The van der Waals surface area contributed by atoms with Gasteiger partial charge in [0.1, 0.15) is 0 Å². The van der Waals surface area contributed by atoms with E-state index in [1.54, 1.807) is 0 Å². The van der Waals surface area contributed by atoms with Crippen LogP contribution >= 0.6 is 11.8 Å². The lowest BCUT2D eigenvalue weighted by atomic mass is 9.74. The average molecular weight is 749 g/mol. The fraction of sp³-hybridized carbons (Fsp3) is 0.0556. The van der Waals surface area contributed by atoms with Crippen LogP contribution in [0.3, 0.4) is 0 Å². The molecule has 8 aromatic carbocycles.